The van der Waals surface area contributed by atoms with E-state index in [4.69, 9.17) is 0 Å². The van der Waals surface area contributed by atoms with Gasteiger partial charge >= 0.3 is 0 Å². The topological polar surface area (TPSA) is 51.2 Å². The Labute approximate surface area is 157 Å². The second-order valence-electron chi connectivity index (χ2n) is 7.03. The third-order valence-corrected chi connectivity index (χ3v) is 6.12. The van der Waals surface area contributed by atoms with Gasteiger partial charge in [0.15, 0.2) is 5.96 Å². The SMILES string of the molecule is CN=C(NCC(C)SC)N1CCN(CC(=O)N2CCCCCC2)CC1. The fraction of sp³-hybridized carbons (Fsp3) is 0.889. The number of likely N-dealkylation sites (tertiary alicyclic amines) is 1. The highest BCUT2D eigenvalue weighted by Gasteiger charge is 2.23. The van der Waals surface area contributed by atoms with Crippen LogP contribution in [0.15, 0.2) is 4.99 Å². The van der Waals surface area contributed by atoms with Crippen LogP contribution >= 0.6 is 11.8 Å². The summed E-state index contributed by atoms with van der Waals surface area (Å²) in [5.74, 6) is 1.30. The Morgan fingerprint density at radius 2 is 1.68 bits per heavy atom. The monoisotopic (exact) mass is 369 g/mol. The van der Waals surface area contributed by atoms with E-state index in [1.807, 2.05) is 18.8 Å². The van der Waals surface area contributed by atoms with Gasteiger partial charge in [0.25, 0.3) is 0 Å². The smallest absolute Gasteiger partial charge is 0.236 e. The molecular weight excluding hydrogens is 334 g/mol. The largest absolute Gasteiger partial charge is 0.355 e. The molecule has 0 saturated carbocycles. The van der Waals surface area contributed by atoms with Crippen LogP contribution < -0.4 is 5.32 Å². The van der Waals surface area contributed by atoms with Crippen molar-refractivity contribution in [3.8, 4) is 0 Å². The summed E-state index contributed by atoms with van der Waals surface area (Å²) in [6.07, 6.45) is 6.99. The molecule has 1 unspecified atom stereocenters. The number of thioether (sulfide) groups is 1. The molecule has 1 N–H and O–H groups in total. The average Bonchev–Trinajstić information content (AvgIpc) is 2.92. The maximum absolute atomic E-state index is 12.5. The van der Waals surface area contributed by atoms with E-state index in [9.17, 15) is 4.79 Å². The van der Waals surface area contributed by atoms with Crippen LogP contribution in [0.3, 0.4) is 0 Å². The summed E-state index contributed by atoms with van der Waals surface area (Å²) in [6.45, 7) is 9.34. The van der Waals surface area contributed by atoms with Crippen molar-refractivity contribution >= 4 is 23.6 Å². The lowest BCUT2D eigenvalue weighted by Gasteiger charge is -2.37. The van der Waals surface area contributed by atoms with Crippen LogP contribution in [-0.4, -0.2) is 97.5 Å². The fourth-order valence-electron chi connectivity index (χ4n) is 3.38. The summed E-state index contributed by atoms with van der Waals surface area (Å²) in [4.78, 5) is 23.6. The molecule has 0 aliphatic carbocycles. The Hall–Kier alpha value is -0.950. The second-order valence-corrected chi connectivity index (χ2v) is 8.31. The summed E-state index contributed by atoms with van der Waals surface area (Å²) < 4.78 is 0. The number of guanidine groups is 1. The van der Waals surface area contributed by atoms with E-state index < -0.39 is 0 Å². The highest BCUT2D eigenvalue weighted by molar-refractivity contribution is 7.99. The molecule has 2 heterocycles. The summed E-state index contributed by atoms with van der Waals surface area (Å²) in [5, 5.41) is 4.04. The van der Waals surface area contributed by atoms with E-state index in [0.29, 0.717) is 17.7 Å². The maximum atomic E-state index is 12.5. The molecule has 7 heteroatoms. The molecular formula is C18H35N5OS. The van der Waals surface area contributed by atoms with Crippen molar-refractivity contribution < 1.29 is 4.79 Å². The minimum atomic E-state index is 0.312. The third-order valence-electron chi connectivity index (χ3n) is 5.15. The first-order valence-electron chi connectivity index (χ1n) is 9.62. The van der Waals surface area contributed by atoms with Crippen molar-refractivity contribution in [2.45, 2.75) is 37.9 Å². The van der Waals surface area contributed by atoms with Crippen LogP contribution in [0.4, 0.5) is 0 Å². The van der Waals surface area contributed by atoms with Gasteiger partial charge in [-0.15, -0.1) is 0 Å². The van der Waals surface area contributed by atoms with Gasteiger partial charge in [-0.1, -0.05) is 19.8 Å². The van der Waals surface area contributed by atoms with E-state index in [1.54, 1.807) is 0 Å². The highest BCUT2D eigenvalue weighted by Crippen LogP contribution is 2.11. The van der Waals surface area contributed by atoms with Crippen molar-refractivity contribution in [3.05, 3.63) is 0 Å². The Kier molecular flexibility index (Phi) is 8.89. The molecule has 0 bridgehead atoms. The van der Waals surface area contributed by atoms with Crippen molar-refractivity contribution in [1.29, 1.82) is 0 Å². The zero-order valence-corrected chi connectivity index (χ0v) is 17.0. The standard InChI is InChI=1S/C18H35N5OS/c1-16(25-3)14-20-18(19-2)23-12-10-21(11-13-23)15-17(24)22-8-6-4-5-7-9-22/h16H,4-15H2,1-3H3,(H,19,20). The Morgan fingerprint density at radius 3 is 2.24 bits per heavy atom. The molecule has 1 atom stereocenters. The van der Waals surface area contributed by atoms with Gasteiger partial charge < -0.3 is 15.1 Å². The van der Waals surface area contributed by atoms with Crippen LogP contribution in [0.25, 0.3) is 0 Å². The number of piperazine rings is 1. The number of nitrogens with zero attached hydrogens (tertiary/aromatic N) is 4. The number of nitrogens with one attached hydrogen (secondary N) is 1. The predicted molar refractivity (Wildman–Crippen MR) is 107 cm³/mol. The average molecular weight is 370 g/mol. The number of hydrogen-bond donors (Lipinski definition) is 1. The molecule has 0 aromatic carbocycles. The number of carbonyl (C=O) groups is 1. The van der Waals surface area contributed by atoms with Gasteiger partial charge in [0.2, 0.25) is 5.91 Å². The van der Waals surface area contributed by atoms with Crippen LogP contribution in [0.1, 0.15) is 32.6 Å². The van der Waals surface area contributed by atoms with Gasteiger partial charge in [0.1, 0.15) is 0 Å². The molecule has 2 aliphatic heterocycles. The number of amides is 1. The minimum Gasteiger partial charge on any atom is -0.355 e. The van der Waals surface area contributed by atoms with E-state index >= 15 is 0 Å². The van der Waals surface area contributed by atoms with Gasteiger partial charge in [0, 0.05) is 58.1 Å². The molecule has 0 aromatic rings. The first kappa shape index (κ1) is 20.4. The Balaban J connectivity index is 1.73. The molecule has 2 fully saturated rings. The predicted octanol–water partition coefficient (Wildman–Crippen LogP) is 1.33. The first-order chi connectivity index (χ1) is 12.1. The van der Waals surface area contributed by atoms with Gasteiger partial charge in [-0.05, 0) is 19.1 Å². The van der Waals surface area contributed by atoms with Crippen LogP contribution in [0.5, 0.6) is 0 Å². The van der Waals surface area contributed by atoms with Crippen molar-refractivity contribution in [2.24, 2.45) is 4.99 Å². The molecule has 0 aromatic heterocycles. The molecule has 1 amide bonds. The normalized spacial score (nSPS) is 21.8. The molecule has 25 heavy (non-hydrogen) atoms. The third kappa shape index (κ3) is 6.70. The number of rotatable bonds is 5. The van der Waals surface area contributed by atoms with E-state index in [0.717, 1.165) is 64.6 Å². The lowest BCUT2D eigenvalue weighted by Crippen LogP contribution is -2.54. The summed E-state index contributed by atoms with van der Waals surface area (Å²) in [6, 6.07) is 0. The van der Waals surface area contributed by atoms with Gasteiger partial charge in [-0.2, -0.15) is 11.8 Å². The van der Waals surface area contributed by atoms with Crippen molar-refractivity contribution in [2.75, 3.05) is 65.7 Å². The lowest BCUT2D eigenvalue weighted by molar-refractivity contribution is -0.132. The van der Waals surface area contributed by atoms with Crippen LogP contribution in [0, 0.1) is 0 Å². The molecule has 2 rings (SSSR count). The first-order valence-corrected chi connectivity index (χ1v) is 10.9. The molecule has 2 aliphatic rings. The maximum Gasteiger partial charge on any atom is 0.236 e. The highest BCUT2D eigenvalue weighted by atomic mass is 32.2. The van der Waals surface area contributed by atoms with E-state index in [2.05, 4.69) is 38.2 Å². The van der Waals surface area contributed by atoms with E-state index in [-0.39, 0.29) is 0 Å². The van der Waals surface area contributed by atoms with Gasteiger partial charge in [-0.25, -0.2) is 0 Å². The minimum absolute atomic E-state index is 0.312. The molecule has 0 radical (unpaired) electrons. The lowest BCUT2D eigenvalue weighted by atomic mass is 10.2. The number of hydrogen-bond acceptors (Lipinski definition) is 4. The second kappa shape index (κ2) is 10.9. The van der Waals surface area contributed by atoms with Crippen LogP contribution in [0.2, 0.25) is 0 Å². The summed E-state index contributed by atoms with van der Waals surface area (Å²) in [7, 11) is 1.85. The zero-order chi connectivity index (χ0) is 18.1. The number of aliphatic imine (C=N–C) groups is 1. The zero-order valence-electron chi connectivity index (χ0n) is 16.2. The summed E-state index contributed by atoms with van der Waals surface area (Å²) >= 11 is 1.86. The Bertz CT molecular complexity index is 429. The Morgan fingerprint density at radius 1 is 1.04 bits per heavy atom. The van der Waals surface area contributed by atoms with Crippen LogP contribution in [-0.2, 0) is 4.79 Å². The molecule has 2 saturated heterocycles. The summed E-state index contributed by atoms with van der Waals surface area (Å²) in [5.41, 5.74) is 0. The number of carbonyl (C=O) groups excluding carboxylic acids is 1. The van der Waals surface area contributed by atoms with Gasteiger partial charge in [-0.3, -0.25) is 14.7 Å². The fourth-order valence-corrected chi connectivity index (χ4v) is 3.63. The van der Waals surface area contributed by atoms with Crippen molar-refractivity contribution in [3.63, 3.8) is 0 Å². The molecule has 0 spiro atoms. The molecule has 6 nitrogen and oxygen atoms in total. The quantitative estimate of drug-likeness (QED) is 0.585. The molecule has 144 valence electrons. The van der Waals surface area contributed by atoms with Crippen molar-refractivity contribution in [1.82, 2.24) is 20.0 Å². The van der Waals surface area contributed by atoms with E-state index in [1.165, 1.54) is 12.8 Å². The van der Waals surface area contributed by atoms with Gasteiger partial charge in [0.05, 0.1) is 6.54 Å².